The molecule has 2 heterocycles. The summed E-state index contributed by atoms with van der Waals surface area (Å²) in [5, 5.41) is 5.21. The Bertz CT molecular complexity index is 974. The van der Waals surface area contributed by atoms with E-state index in [2.05, 4.69) is 20.3 Å². The molecule has 0 amide bonds. The molecular formula is C20H16N4OS. The molecule has 0 spiro atoms. The molecule has 0 aliphatic rings. The van der Waals surface area contributed by atoms with Crippen molar-refractivity contribution in [1.29, 1.82) is 0 Å². The first-order valence-electron chi connectivity index (χ1n) is 8.13. The number of nitrogens with one attached hydrogen (secondary N) is 1. The number of ether oxygens (including phenoxy) is 1. The molecule has 2 aromatic carbocycles. The number of aromatic nitrogens is 3. The van der Waals surface area contributed by atoms with Crippen LogP contribution in [0.4, 0.5) is 11.6 Å². The minimum atomic E-state index is 0.503. The van der Waals surface area contributed by atoms with Gasteiger partial charge in [0.25, 0.3) is 0 Å². The van der Waals surface area contributed by atoms with Crippen molar-refractivity contribution < 1.29 is 4.74 Å². The van der Waals surface area contributed by atoms with Gasteiger partial charge >= 0.3 is 0 Å². The Morgan fingerprint density at radius 2 is 1.85 bits per heavy atom. The fourth-order valence-corrected chi connectivity index (χ4v) is 3.08. The van der Waals surface area contributed by atoms with Crippen molar-refractivity contribution in [2.75, 3.05) is 5.32 Å². The first-order valence-corrected chi connectivity index (χ1v) is 9.01. The molecule has 5 nitrogen and oxygen atoms in total. The smallest absolute Gasteiger partial charge is 0.230 e. The third-order valence-corrected chi connectivity index (χ3v) is 4.52. The van der Waals surface area contributed by atoms with E-state index in [-0.39, 0.29) is 0 Å². The summed E-state index contributed by atoms with van der Waals surface area (Å²) in [6.07, 6.45) is 1.51. The lowest BCUT2D eigenvalue weighted by Crippen LogP contribution is -2.00. The van der Waals surface area contributed by atoms with Gasteiger partial charge in [-0.2, -0.15) is 4.98 Å². The van der Waals surface area contributed by atoms with E-state index >= 15 is 0 Å². The van der Waals surface area contributed by atoms with Crippen LogP contribution in [0.3, 0.4) is 0 Å². The molecule has 128 valence electrons. The summed E-state index contributed by atoms with van der Waals surface area (Å²) in [6.45, 7) is 0.526. The summed E-state index contributed by atoms with van der Waals surface area (Å²) < 4.78 is 5.86. The molecule has 0 bridgehead atoms. The second-order valence-corrected chi connectivity index (χ2v) is 6.48. The van der Waals surface area contributed by atoms with Gasteiger partial charge in [0.1, 0.15) is 18.7 Å². The van der Waals surface area contributed by atoms with Crippen LogP contribution in [0, 0.1) is 0 Å². The molecule has 0 atom stereocenters. The maximum Gasteiger partial charge on any atom is 0.230 e. The molecule has 4 rings (SSSR count). The SMILES string of the molecule is c1ccc(COc2cccc(Nc3ncnc(-c4cccs4)n3)c2)cc1. The molecule has 0 saturated heterocycles. The molecule has 0 unspecified atom stereocenters. The van der Waals surface area contributed by atoms with Crippen LogP contribution in [-0.2, 0) is 6.61 Å². The Balaban J connectivity index is 1.46. The van der Waals surface area contributed by atoms with Gasteiger partial charge in [-0.25, -0.2) is 9.97 Å². The van der Waals surface area contributed by atoms with Crippen molar-refractivity contribution in [2.24, 2.45) is 0 Å². The molecule has 26 heavy (non-hydrogen) atoms. The van der Waals surface area contributed by atoms with E-state index in [1.165, 1.54) is 6.33 Å². The van der Waals surface area contributed by atoms with Crippen molar-refractivity contribution in [1.82, 2.24) is 15.0 Å². The zero-order valence-corrected chi connectivity index (χ0v) is 14.7. The summed E-state index contributed by atoms with van der Waals surface area (Å²) in [7, 11) is 0. The number of hydrogen-bond donors (Lipinski definition) is 1. The Morgan fingerprint density at radius 3 is 2.69 bits per heavy atom. The van der Waals surface area contributed by atoms with E-state index in [0.29, 0.717) is 18.4 Å². The zero-order valence-electron chi connectivity index (χ0n) is 13.9. The molecule has 4 aromatic rings. The van der Waals surface area contributed by atoms with Gasteiger partial charge in [-0.15, -0.1) is 11.3 Å². The lowest BCUT2D eigenvalue weighted by molar-refractivity contribution is 0.306. The standard InChI is InChI=1S/C20H16N4OS/c1-2-6-15(7-3-1)13-25-17-9-4-8-16(12-17)23-20-22-14-21-19(24-20)18-10-5-11-26-18/h1-12,14H,13H2,(H,21,22,23,24). The monoisotopic (exact) mass is 360 g/mol. The van der Waals surface area contributed by atoms with E-state index in [1.54, 1.807) is 11.3 Å². The van der Waals surface area contributed by atoms with Crippen LogP contribution >= 0.6 is 11.3 Å². The van der Waals surface area contributed by atoms with Crippen LogP contribution in [0.15, 0.2) is 78.4 Å². The Morgan fingerprint density at radius 1 is 0.923 bits per heavy atom. The van der Waals surface area contributed by atoms with E-state index in [0.717, 1.165) is 21.9 Å². The predicted molar refractivity (Wildman–Crippen MR) is 104 cm³/mol. The minimum Gasteiger partial charge on any atom is -0.489 e. The molecule has 0 radical (unpaired) electrons. The highest BCUT2D eigenvalue weighted by Crippen LogP contribution is 2.23. The van der Waals surface area contributed by atoms with Crippen LogP contribution < -0.4 is 10.1 Å². The minimum absolute atomic E-state index is 0.503. The van der Waals surface area contributed by atoms with Crippen molar-refractivity contribution in [3.05, 3.63) is 84.0 Å². The van der Waals surface area contributed by atoms with Crippen molar-refractivity contribution in [3.8, 4) is 16.5 Å². The predicted octanol–water partition coefficient (Wildman–Crippen LogP) is 4.92. The number of thiophene rings is 1. The highest BCUT2D eigenvalue weighted by molar-refractivity contribution is 7.13. The number of benzene rings is 2. The lowest BCUT2D eigenvalue weighted by atomic mass is 10.2. The van der Waals surface area contributed by atoms with Gasteiger partial charge in [0.2, 0.25) is 5.95 Å². The first-order chi connectivity index (χ1) is 12.9. The normalized spacial score (nSPS) is 10.5. The summed E-state index contributed by atoms with van der Waals surface area (Å²) in [4.78, 5) is 13.9. The largest absolute Gasteiger partial charge is 0.489 e. The van der Waals surface area contributed by atoms with Crippen LogP contribution in [0.2, 0.25) is 0 Å². The van der Waals surface area contributed by atoms with Gasteiger partial charge in [0.05, 0.1) is 4.88 Å². The lowest BCUT2D eigenvalue weighted by Gasteiger charge is -2.09. The van der Waals surface area contributed by atoms with Crippen LogP contribution in [0.25, 0.3) is 10.7 Å². The van der Waals surface area contributed by atoms with Gasteiger partial charge in [-0.3, -0.25) is 0 Å². The van der Waals surface area contributed by atoms with Gasteiger partial charge in [0, 0.05) is 11.8 Å². The Kier molecular flexibility index (Phi) is 4.84. The molecule has 2 aromatic heterocycles. The van der Waals surface area contributed by atoms with Crippen molar-refractivity contribution in [3.63, 3.8) is 0 Å². The molecule has 0 aliphatic carbocycles. The first kappa shape index (κ1) is 16.2. The second kappa shape index (κ2) is 7.76. The van der Waals surface area contributed by atoms with E-state index < -0.39 is 0 Å². The van der Waals surface area contributed by atoms with E-state index in [9.17, 15) is 0 Å². The van der Waals surface area contributed by atoms with E-state index in [4.69, 9.17) is 4.74 Å². The number of anilines is 2. The maximum absolute atomic E-state index is 5.86. The van der Waals surface area contributed by atoms with Crippen molar-refractivity contribution >= 4 is 23.0 Å². The average Bonchev–Trinajstić information content (AvgIpc) is 3.23. The van der Waals surface area contributed by atoms with Crippen LogP contribution in [-0.4, -0.2) is 15.0 Å². The maximum atomic E-state index is 5.86. The Hall–Kier alpha value is -3.25. The third kappa shape index (κ3) is 4.04. The number of rotatable bonds is 6. The zero-order chi connectivity index (χ0) is 17.6. The molecule has 6 heteroatoms. The Labute approximate surface area is 155 Å². The third-order valence-electron chi connectivity index (χ3n) is 3.65. The summed E-state index contributed by atoms with van der Waals surface area (Å²) in [6, 6.07) is 21.8. The molecular weight excluding hydrogens is 344 g/mol. The molecule has 0 fully saturated rings. The average molecular weight is 360 g/mol. The van der Waals surface area contributed by atoms with E-state index in [1.807, 2.05) is 72.1 Å². The molecule has 0 saturated carbocycles. The highest BCUT2D eigenvalue weighted by Gasteiger charge is 2.06. The molecule has 1 N–H and O–H groups in total. The number of hydrogen-bond acceptors (Lipinski definition) is 6. The van der Waals surface area contributed by atoms with Crippen LogP contribution in [0.1, 0.15) is 5.56 Å². The van der Waals surface area contributed by atoms with Crippen molar-refractivity contribution in [2.45, 2.75) is 6.61 Å². The van der Waals surface area contributed by atoms with Gasteiger partial charge in [-0.1, -0.05) is 42.5 Å². The quantitative estimate of drug-likeness (QED) is 0.529. The van der Waals surface area contributed by atoms with Gasteiger partial charge in [-0.05, 0) is 29.1 Å². The fourth-order valence-electron chi connectivity index (χ4n) is 2.41. The van der Waals surface area contributed by atoms with Gasteiger partial charge < -0.3 is 10.1 Å². The number of nitrogens with zero attached hydrogens (tertiary/aromatic N) is 3. The van der Waals surface area contributed by atoms with Crippen LogP contribution in [0.5, 0.6) is 5.75 Å². The topological polar surface area (TPSA) is 59.9 Å². The summed E-state index contributed by atoms with van der Waals surface area (Å²) in [5.41, 5.74) is 1.99. The second-order valence-electron chi connectivity index (χ2n) is 5.54. The summed E-state index contributed by atoms with van der Waals surface area (Å²) in [5.74, 6) is 1.95. The molecule has 0 aliphatic heterocycles. The summed E-state index contributed by atoms with van der Waals surface area (Å²) >= 11 is 1.60. The fraction of sp³-hybridized carbons (Fsp3) is 0.0500. The van der Waals surface area contributed by atoms with Gasteiger partial charge in [0.15, 0.2) is 5.82 Å². The highest BCUT2D eigenvalue weighted by atomic mass is 32.1.